The predicted molar refractivity (Wildman–Crippen MR) is 133 cm³/mol. The molecule has 0 aliphatic heterocycles. The van der Waals surface area contributed by atoms with E-state index in [1.165, 1.54) is 24.7 Å². The van der Waals surface area contributed by atoms with E-state index in [0.717, 1.165) is 5.56 Å². The first kappa shape index (κ1) is 24.8. The van der Waals surface area contributed by atoms with Gasteiger partial charge in [-0.3, -0.25) is 24.2 Å². The molecule has 0 aliphatic rings. The third-order valence-electron chi connectivity index (χ3n) is 5.96. The SMILES string of the molecule is CCC(=O)N(C)CC(CC)n1nc(-c2ccc(Oc3cncc(C(N)=O)c3)cc2)c2cncc(F)c21. The van der Waals surface area contributed by atoms with Gasteiger partial charge in [0.15, 0.2) is 5.82 Å². The Morgan fingerprint density at radius 2 is 1.81 bits per heavy atom. The molecule has 2 amide bonds. The Bertz CT molecular complexity index is 1400. The summed E-state index contributed by atoms with van der Waals surface area (Å²) in [6.45, 7) is 4.20. The van der Waals surface area contributed by atoms with Crippen LogP contribution in [0.4, 0.5) is 4.39 Å². The van der Waals surface area contributed by atoms with Gasteiger partial charge < -0.3 is 15.4 Å². The van der Waals surface area contributed by atoms with E-state index in [4.69, 9.17) is 15.6 Å². The smallest absolute Gasteiger partial charge is 0.250 e. The van der Waals surface area contributed by atoms with Crippen molar-refractivity contribution in [1.29, 1.82) is 0 Å². The Labute approximate surface area is 207 Å². The Kier molecular flexibility index (Phi) is 7.23. The third-order valence-corrected chi connectivity index (χ3v) is 5.96. The zero-order chi connectivity index (χ0) is 25.8. The van der Waals surface area contributed by atoms with Gasteiger partial charge in [-0.1, -0.05) is 13.8 Å². The van der Waals surface area contributed by atoms with Crippen LogP contribution in [0, 0.1) is 5.82 Å². The molecule has 9 nitrogen and oxygen atoms in total. The molecule has 36 heavy (non-hydrogen) atoms. The molecule has 3 heterocycles. The number of aromatic nitrogens is 4. The second kappa shape index (κ2) is 10.5. The summed E-state index contributed by atoms with van der Waals surface area (Å²) in [5.74, 6) is -0.171. The van der Waals surface area contributed by atoms with Gasteiger partial charge in [0.05, 0.1) is 24.0 Å². The van der Waals surface area contributed by atoms with Crippen LogP contribution in [0.1, 0.15) is 43.1 Å². The number of carbonyl (C=O) groups is 2. The summed E-state index contributed by atoms with van der Waals surface area (Å²) >= 11 is 0. The lowest BCUT2D eigenvalue weighted by Gasteiger charge is -2.24. The Morgan fingerprint density at radius 1 is 1.08 bits per heavy atom. The molecule has 0 saturated heterocycles. The lowest BCUT2D eigenvalue weighted by molar-refractivity contribution is -0.130. The number of rotatable bonds is 9. The van der Waals surface area contributed by atoms with Gasteiger partial charge in [0, 0.05) is 43.4 Å². The van der Waals surface area contributed by atoms with E-state index in [1.54, 1.807) is 35.0 Å². The van der Waals surface area contributed by atoms with Crippen LogP contribution in [0.25, 0.3) is 22.2 Å². The standard InChI is InChI=1S/C26H27FN6O3/c1-4-18(15-32(3)23(34)5-2)33-25-21(13-30-14-22(25)27)24(31-33)16-6-8-19(9-7-16)36-20-10-17(26(28)35)11-29-12-20/h6-14,18H,4-5,15H2,1-3H3,(H2,28,35). The zero-order valence-corrected chi connectivity index (χ0v) is 20.3. The lowest BCUT2D eigenvalue weighted by atomic mass is 10.1. The van der Waals surface area contributed by atoms with Crippen molar-refractivity contribution in [2.24, 2.45) is 5.73 Å². The summed E-state index contributed by atoms with van der Waals surface area (Å²) in [6, 6.07) is 8.41. The van der Waals surface area contributed by atoms with E-state index in [9.17, 15) is 14.0 Å². The van der Waals surface area contributed by atoms with Crippen LogP contribution in [-0.4, -0.2) is 50.1 Å². The molecule has 2 N–H and O–H groups in total. The summed E-state index contributed by atoms with van der Waals surface area (Å²) in [6.07, 6.45) is 6.67. The van der Waals surface area contributed by atoms with Crippen molar-refractivity contribution in [2.75, 3.05) is 13.6 Å². The average molecular weight is 491 g/mol. The van der Waals surface area contributed by atoms with Gasteiger partial charge in [0.2, 0.25) is 11.8 Å². The van der Waals surface area contributed by atoms with E-state index in [0.29, 0.717) is 47.5 Å². The largest absolute Gasteiger partial charge is 0.456 e. The Morgan fingerprint density at radius 3 is 2.47 bits per heavy atom. The fourth-order valence-corrected chi connectivity index (χ4v) is 4.02. The average Bonchev–Trinajstić information content (AvgIpc) is 3.28. The van der Waals surface area contributed by atoms with Crippen molar-refractivity contribution in [3.05, 3.63) is 66.5 Å². The van der Waals surface area contributed by atoms with Crippen molar-refractivity contribution in [1.82, 2.24) is 24.6 Å². The van der Waals surface area contributed by atoms with Gasteiger partial charge in [0.25, 0.3) is 0 Å². The Balaban J connectivity index is 1.67. The quantitative estimate of drug-likeness (QED) is 0.373. The van der Waals surface area contributed by atoms with Crippen molar-refractivity contribution >= 4 is 22.7 Å². The Hall–Kier alpha value is -4.34. The van der Waals surface area contributed by atoms with E-state index in [1.807, 2.05) is 26.0 Å². The number of likely N-dealkylation sites (N-methyl/N-ethyl adjacent to an activating group) is 1. The number of ether oxygens (including phenoxy) is 1. The fourth-order valence-electron chi connectivity index (χ4n) is 4.02. The number of hydrogen-bond donors (Lipinski definition) is 1. The molecule has 1 aromatic carbocycles. The molecule has 1 atom stereocenters. The van der Waals surface area contributed by atoms with Crippen LogP contribution in [0.15, 0.2) is 55.1 Å². The number of hydrogen-bond acceptors (Lipinski definition) is 6. The molecule has 3 aromatic heterocycles. The monoisotopic (exact) mass is 490 g/mol. The highest BCUT2D eigenvalue weighted by atomic mass is 19.1. The summed E-state index contributed by atoms with van der Waals surface area (Å²) in [5, 5.41) is 5.34. The minimum absolute atomic E-state index is 0.0134. The second-order valence-electron chi connectivity index (χ2n) is 8.40. The van der Waals surface area contributed by atoms with Gasteiger partial charge in [-0.2, -0.15) is 5.10 Å². The third kappa shape index (κ3) is 5.02. The number of halogens is 1. The van der Waals surface area contributed by atoms with E-state index in [2.05, 4.69) is 9.97 Å². The van der Waals surface area contributed by atoms with E-state index in [-0.39, 0.29) is 17.5 Å². The molecule has 0 radical (unpaired) electrons. The van der Waals surface area contributed by atoms with Crippen molar-refractivity contribution < 1.29 is 18.7 Å². The second-order valence-corrected chi connectivity index (χ2v) is 8.40. The first-order valence-corrected chi connectivity index (χ1v) is 11.6. The van der Waals surface area contributed by atoms with Crippen molar-refractivity contribution in [2.45, 2.75) is 32.7 Å². The number of nitrogens with zero attached hydrogens (tertiary/aromatic N) is 5. The molecule has 0 spiro atoms. The molecule has 4 rings (SSSR count). The van der Waals surface area contributed by atoms with E-state index < -0.39 is 11.7 Å². The van der Waals surface area contributed by atoms with Crippen LogP contribution in [0.5, 0.6) is 11.5 Å². The number of fused-ring (bicyclic) bond motifs is 1. The molecule has 4 aromatic rings. The van der Waals surface area contributed by atoms with Gasteiger partial charge in [-0.05, 0) is 36.8 Å². The normalized spacial score (nSPS) is 11.9. The summed E-state index contributed by atoms with van der Waals surface area (Å²) < 4.78 is 22.4. The molecule has 1 unspecified atom stereocenters. The molecule has 10 heteroatoms. The number of pyridine rings is 2. The zero-order valence-electron chi connectivity index (χ0n) is 20.3. The minimum atomic E-state index is -0.595. The summed E-state index contributed by atoms with van der Waals surface area (Å²) in [4.78, 5) is 33.2. The van der Waals surface area contributed by atoms with Crippen LogP contribution in [0.3, 0.4) is 0 Å². The first-order chi connectivity index (χ1) is 17.3. The lowest BCUT2D eigenvalue weighted by Crippen LogP contribution is -2.32. The fraction of sp³-hybridized carbons (Fsp3) is 0.269. The highest BCUT2D eigenvalue weighted by molar-refractivity contribution is 5.93. The molecule has 0 aliphatic carbocycles. The van der Waals surface area contributed by atoms with Gasteiger partial charge in [-0.15, -0.1) is 0 Å². The molecule has 0 saturated carbocycles. The van der Waals surface area contributed by atoms with Gasteiger partial charge >= 0.3 is 0 Å². The minimum Gasteiger partial charge on any atom is -0.456 e. The number of carbonyl (C=O) groups excluding carboxylic acids is 2. The van der Waals surface area contributed by atoms with Crippen molar-refractivity contribution in [3.63, 3.8) is 0 Å². The molecule has 0 bridgehead atoms. The molecular formula is C26H27FN6O3. The maximum Gasteiger partial charge on any atom is 0.250 e. The van der Waals surface area contributed by atoms with Gasteiger partial charge in [-0.25, -0.2) is 4.39 Å². The van der Waals surface area contributed by atoms with E-state index >= 15 is 0 Å². The molecule has 0 fully saturated rings. The highest BCUT2D eigenvalue weighted by Gasteiger charge is 2.23. The van der Waals surface area contributed by atoms with Gasteiger partial charge in [0.1, 0.15) is 22.7 Å². The molecular weight excluding hydrogens is 463 g/mol. The maximum absolute atomic E-state index is 15.0. The number of nitrogens with two attached hydrogens (primary N) is 1. The topological polar surface area (TPSA) is 116 Å². The number of primary amides is 1. The first-order valence-electron chi connectivity index (χ1n) is 11.6. The van der Waals surface area contributed by atoms with Crippen molar-refractivity contribution in [3.8, 4) is 22.8 Å². The van der Waals surface area contributed by atoms with Crippen LogP contribution in [0.2, 0.25) is 0 Å². The van der Waals surface area contributed by atoms with Crippen LogP contribution in [-0.2, 0) is 4.79 Å². The van der Waals surface area contributed by atoms with Crippen LogP contribution < -0.4 is 10.5 Å². The molecule has 186 valence electrons. The maximum atomic E-state index is 15.0. The summed E-state index contributed by atoms with van der Waals surface area (Å²) in [5.41, 5.74) is 7.21. The predicted octanol–water partition coefficient (Wildman–Crippen LogP) is 4.34. The highest BCUT2D eigenvalue weighted by Crippen LogP contribution is 2.33. The number of benzene rings is 1. The number of amides is 2. The summed E-state index contributed by atoms with van der Waals surface area (Å²) in [7, 11) is 1.74. The van der Waals surface area contributed by atoms with Crippen LogP contribution >= 0.6 is 0 Å².